The lowest BCUT2D eigenvalue weighted by Crippen LogP contribution is -2.00. The first-order valence-corrected chi connectivity index (χ1v) is 6.78. The Morgan fingerprint density at radius 3 is 2.38 bits per heavy atom. The second kappa shape index (κ2) is 5.75. The number of hydrogen-bond acceptors (Lipinski definition) is 1. The summed E-state index contributed by atoms with van der Waals surface area (Å²) in [4.78, 5) is 4.25. The van der Waals surface area contributed by atoms with Crippen LogP contribution in [0.1, 0.15) is 11.4 Å². The van der Waals surface area contributed by atoms with Crippen molar-refractivity contribution in [2.75, 3.05) is 0 Å². The molecule has 1 aromatic heterocycles. The quantitative estimate of drug-likeness (QED) is 0.619. The summed E-state index contributed by atoms with van der Waals surface area (Å²) in [7, 11) is 0. The molecule has 0 fully saturated rings. The number of aryl methyl sites for hydroxylation is 1. The molecule has 104 valence electrons. The molecule has 3 aromatic rings. The van der Waals surface area contributed by atoms with Gasteiger partial charge in [0.05, 0.1) is 17.6 Å². The van der Waals surface area contributed by atoms with Crippen molar-refractivity contribution in [2.45, 2.75) is 6.92 Å². The number of para-hydroxylation sites is 2. The molecular formula is C18H15FN2. The zero-order valence-corrected chi connectivity index (χ0v) is 11.7. The molecule has 21 heavy (non-hydrogen) atoms. The van der Waals surface area contributed by atoms with Crippen LogP contribution in [0.15, 0.2) is 71.7 Å². The molecule has 3 rings (SSSR count). The predicted molar refractivity (Wildman–Crippen MR) is 84.2 cm³/mol. The Labute approximate surface area is 123 Å². The largest absolute Gasteiger partial charge is 0.313 e. The molecule has 2 nitrogen and oxygen atoms in total. The van der Waals surface area contributed by atoms with E-state index in [1.165, 1.54) is 6.07 Å². The molecule has 0 N–H and O–H groups in total. The summed E-state index contributed by atoms with van der Waals surface area (Å²) in [5.74, 6) is -0.316. The zero-order chi connectivity index (χ0) is 14.7. The number of halogens is 1. The van der Waals surface area contributed by atoms with E-state index in [4.69, 9.17) is 0 Å². The van der Waals surface area contributed by atoms with Gasteiger partial charge < -0.3 is 4.57 Å². The van der Waals surface area contributed by atoms with Crippen LogP contribution in [-0.4, -0.2) is 10.8 Å². The Kier molecular flexibility index (Phi) is 3.65. The average molecular weight is 278 g/mol. The van der Waals surface area contributed by atoms with Crippen LogP contribution < -0.4 is 0 Å². The van der Waals surface area contributed by atoms with Gasteiger partial charge in [-0.2, -0.15) is 0 Å². The van der Waals surface area contributed by atoms with Gasteiger partial charge in [-0.25, -0.2) is 4.39 Å². The third-order valence-electron chi connectivity index (χ3n) is 3.31. The maximum absolute atomic E-state index is 13.6. The minimum Gasteiger partial charge on any atom is -0.313 e. The van der Waals surface area contributed by atoms with Crippen LogP contribution in [0.25, 0.3) is 5.69 Å². The molecule has 0 atom stereocenters. The molecule has 0 aliphatic carbocycles. The van der Waals surface area contributed by atoms with Gasteiger partial charge >= 0.3 is 0 Å². The van der Waals surface area contributed by atoms with Crippen LogP contribution >= 0.6 is 0 Å². The van der Waals surface area contributed by atoms with Crippen LogP contribution in [0.5, 0.6) is 0 Å². The molecule has 0 amide bonds. The summed E-state index contributed by atoms with van der Waals surface area (Å²) in [6.45, 7) is 2.04. The fourth-order valence-electron chi connectivity index (χ4n) is 2.28. The lowest BCUT2D eigenvalue weighted by molar-refractivity contribution is 0.630. The van der Waals surface area contributed by atoms with E-state index in [0.29, 0.717) is 5.69 Å². The van der Waals surface area contributed by atoms with Crippen molar-refractivity contribution in [3.05, 3.63) is 83.9 Å². The minimum absolute atomic E-state index is 0.316. The molecule has 0 saturated carbocycles. The molecule has 0 spiro atoms. The van der Waals surface area contributed by atoms with E-state index < -0.39 is 0 Å². The fourth-order valence-corrected chi connectivity index (χ4v) is 2.28. The van der Waals surface area contributed by atoms with E-state index in [0.717, 1.165) is 17.1 Å². The summed E-state index contributed by atoms with van der Waals surface area (Å²) >= 11 is 0. The first-order chi connectivity index (χ1) is 10.3. The molecule has 3 heteroatoms. The fraction of sp³-hybridized carbons (Fsp3) is 0.0556. The monoisotopic (exact) mass is 278 g/mol. The Hall–Kier alpha value is -2.68. The molecule has 0 bridgehead atoms. The second-order valence-corrected chi connectivity index (χ2v) is 4.78. The number of hydrogen-bond donors (Lipinski definition) is 0. The third-order valence-corrected chi connectivity index (χ3v) is 3.31. The SMILES string of the molecule is Cc1ccc(C=Nc2ccccc2F)n1-c1ccccc1. The Morgan fingerprint density at radius 1 is 0.905 bits per heavy atom. The van der Waals surface area contributed by atoms with Crippen LogP contribution in [0.4, 0.5) is 10.1 Å². The number of nitrogens with zero attached hydrogens (tertiary/aromatic N) is 2. The lowest BCUT2D eigenvalue weighted by atomic mass is 10.3. The molecule has 0 aliphatic rings. The van der Waals surface area contributed by atoms with Gasteiger partial charge in [0, 0.05) is 11.4 Å². The zero-order valence-electron chi connectivity index (χ0n) is 11.7. The highest BCUT2D eigenvalue weighted by molar-refractivity contribution is 5.81. The first kappa shape index (κ1) is 13.3. The maximum atomic E-state index is 13.6. The topological polar surface area (TPSA) is 17.3 Å². The van der Waals surface area contributed by atoms with Gasteiger partial charge in [-0.1, -0.05) is 30.3 Å². The van der Waals surface area contributed by atoms with Gasteiger partial charge in [0.2, 0.25) is 0 Å². The first-order valence-electron chi connectivity index (χ1n) is 6.78. The maximum Gasteiger partial charge on any atom is 0.148 e. The standard InChI is InChI=1S/C18H15FN2/c1-14-11-12-16(21(14)15-7-3-2-4-8-15)13-20-18-10-6-5-9-17(18)19/h2-13H,1H3. The Bertz CT molecular complexity index is 773. The highest BCUT2D eigenvalue weighted by Gasteiger charge is 2.05. The molecular weight excluding hydrogens is 263 g/mol. The molecule has 1 heterocycles. The van der Waals surface area contributed by atoms with Crippen molar-refractivity contribution in [2.24, 2.45) is 4.99 Å². The van der Waals surface area contributed by atoms with Gasteiger partial charge in [-0.05, 0) is 43.3 Å². The second-order valence-electron chi connectivity index (χ2n) is 4.78. The summed E-state index contributed by atoms with van der Waals surface area (Å²) in [5.41, 5.74) is 3.43. The smallest absolute Gasteiger partial charge is 0.148 e. The van der Waals surface area contributed by atoms with Crippen molar-refractivity contribution in [3.8, 4) is 5.69 Å². The number of benzene rings is 2. The molecule has 2 aromatic carbocycles. The van der Waals surface area contributed by atoms with Crippen molar-refractivity contribution < 1.29 is 4.39 Å². The third kappa shape index (κ3) is 2.77. The highest BCUT2D eigenvalue weighted by atomic mass is 19.1. The average Bonchev–Trinajstić information content (AvgIpc) is 2.88. The summed E-state index contributed by atoms with van der Waals surface area (Å²) in [6, 6.07) is 20.5. The minimum atomic E-state index is -0.316. The van der Waals surface area contributed by atoms with Crippen LogP contribution in [0.3, 0.4) is 0 Å². The summed E-state index contributed by atoms with van der Waals surface area (Å²) in [6.07, 6.45) is 1.69. The summed E-state index contributed by atoms with van der Waals surface area (Å²) < 4.78 is 15.7. The van der Waals surface area contributed by atoms with Crippen LogP contribution in [0.2, 0.25) is 0 Å². The molecule has 0 saturated heterocycles. The van der Waals surface area contributed by atoms with Gasteiger partial charge in [0.15, 0.2) is 0 Å². The van der Waals surface area contributed by atoms with Gasteiger partial charge in [-0.3, -0.25) is 4.99 Å². The number of rotatable bonds is 3. The van der Waals surface area contributed by atoms with E-state index in [9.17, 15) is 4.39 Å². The van der Waals surface area contributed by atoms with Gasteiger partial charge in [0.25, 0.3) is 0 Å². The number of aliphatic imine (C=N–C) groups is 1. The molecule has 0 unspecified atom stereocenters. The van der Waals surface area contributed by atoms with E-state index in [1.807, 2.05) is 49.4 Å². The van der Waals surface area contributed by atoms with E-state index in [2.05, 4.69) is 9.56 Å². The highest BCUT2D eigenvalue weighted by Crippen LogP contribution is 2.19. The summed E-state index contributed by atoms with van der Waals surface area (Å²) in [5, 5.41) is 0. The van der Waals surface area contributed by atoms with Crippen LogP contribution in [0, 0.1) is 12.7 Å². The normalized spacial score (nSPS) is 11.1. The van der Waals surface area contributed by atoms with Gasteiger partial charge in [0.1, 0.15) is 5.82 Å². The van der Waals surface area contributed by atoms with Gasteiger partial charge in [-0.15, -0.1) is 0 Å². The van der Waals surface area contributed by atoms with Crippen molar-refractivity contribution in [1.82, 2.24) is 4.57 Å². The number of aromatic nitrogens is 1. The van der Waals surface area contributed by atoms with Crippen molar-refractivity contribution in [1.29, 1.82) is 0 Å². The van der Waals surface area contributed by atoms with E-state index in [-0.39, 0.29) is 5.82 Å². The van der Waals surface area contributed by atoms with Crippen molar-refractivity contribution in [3.63, 3.8) is 0 Å². The van der Waals surface area contributed by atoms with E-state index >= 15 is 0 Å². The van der Waals surface area contributed by atoms with E-state index in [1.54, 1.807) is 24.4 Å². The van der Waals surface area contributed by atoms with Crippen molar-refractivity contribution >= 4 is 11.9 Å². The molecule has 0 aliphatic heterocycles. The predicted octanol–water partition coefficient (Wildman–Crippen LogP) is 4.68. The molecule has 0 radical (unpaired) electrons. The Morgan fingerprint density at radius 2 is 1.62 bits per heavy atom. The van der Waals surface area contributed by atoms with Crippen LogP contribution in [-0.2, 0) is 0 Å². The Balaban J connectivity index is 2.00. The lowest BCUT2D eigenvalue weighted by Gasteiger charge is -2.08.